The molecule has 1 unspecified atom stereocenters. The second-order valence-electron chi connectivity index (χ2n) is 7.58. The van der Waals surface area contributed by atoms with Crippen molar-refractivity contribution in [3.8, 4) is 16.9 Å². The first-order valence-electron chi connectivity index (χ1n) is 9.68. The third-order valence-electron chi connectivity index (χ3n) is 5.29. The lowest BCUT2D eigenvalue weighted by atomic mass is 10.1. The summed E-state index contributed by atoms with van der Waals surface area (Å²) >= 11 is 6.03. The fourth-order valence-electron chi connectivity index (χ4n) is 3.72. The fraction of sp³-hybridized carbons (Fsp3) is 0.273. The molecule has 1 aromatic heterocycles. The van der Waals surface area contributed by atoms with Gasteiger partial charge in [-0.2, -0.15) is 5.10 Å². The van der Waals surface area contributed by atoms with Crippen LogP contribution in [0.25, 0.3) is 16.9 Å². The molecule has 0 N–H and O–H groups in total. The van der Waals surface area contributed by atoms with Gasteiger partial charge < -0.3 is 4.90 Å². The lowest BCUT2D eigenvalue weighted by molar-refractivity contribution is -0.133. The number of halogens is 1. The van der Waals surface area contributed by atoms with E-state index in [-0.39, 0.29) is 17.4 Å². The van der Waals surface area contributed by atoms with Crippen LogP contribution in [0, 0.1) is 5.92 Å². The van der Waals surface area contributed by atoms with Crippen molar-refractivity contribution in [1.29, 1.82) is 0 Å². The summed E-state index contributed by atoms with van der Waals surface area (Å²) in [5, 5.41) is 5.39. The second kappa shape index (κ2) is 8.24. The molecule has 0 spiro atoms. The number of nitrogens with zero attached hydrogens (tertiary/aromatic N) is 3. The van der Waals surface area contributed by atoms with E-state index in [1.165, 1.54) is 0 Å². The minimum absolute atomic E-state index is 0.0660. The predicted octanol–water partition coefficient (Wildman–Crippen LogP) is 3.59. The van der Waals surface area contributed by atoms with E-state index in [1.54, 1.807) is 28.8 Å². The van der Waals surface area contributed by atoms with E-state index < -0.39 is 15.8 Å². The highest BCUT2D eigenvalue weighted by Gasteiger charge is 2.34. The molecule has 6 nitrogen and oxygen atoms in total. The number of carbonyl (C=O) groups is 1. The molecule has 0 radical (unpaired) electrons. The summed E-state index contributed by atoms with van der Waals surface area (Å²) in [4.78, 5) is 14.4. The Morgan fingerprint density at radius 3 is 2.50 bits per heavy atom. The minimum atomic E-state index is -3.11. The first-order valence-corrected chi connectivity index (χ1v) is 11.9. The molecule has 2 heterocycles. The van der Waals surface area contributed by atoms with Gasteiger partial charge in [-0.15, -0.1) is 0 Å². The van der Waals surface area contributed by atoms with E-state index in [0.29, 0.717) is 18.0 Å². The average Bonchev–Trinajstić information content (AvgIpc) is 3.32. The summed E-state index contributed by atoms with van der Waals surface area (Å²) in [5.41, 5.74) is 3.44. The Hall–Kier alpha value is -2.64. The molecule has 1 aliphatic heterocycles. The topological polar surface area (TPSA) is 72.3 Å². The first kappa shape index (κ1) is 20.6. The third kappa shape index (κ3) is 4.42. The van der Waals surface area contributed by atoms with Crippen LogP contribution < -0.4 is 0 Å². The standard InChI is InChI=1S/C22H22ClN3O3S/c1-25(22(27)17-11-12-30(28,29)15-17)13-18-14-26(20-5-3-2-4-6-20)24-21(18)16-7-9-19(23)10-8-16/h2-10,14,17H,11-13,15H2,1H3. The predicted molar refractivity (Wildman–Crippen MR) is 117 cm³/mol. The number of aromatic nitrogens is 2. The number of benzene rings is 2. The van der Waals surface area contributed by atoms with Crippen molar-refractivity contribution < 1.29 is 13.2 Å². The maximum atomic E-state index is 12.8. The van der Waals surface area contributed by atoms with Crippen LogP contribution in [0.1, 0.15) is 12.0 Å². The number of para-hydroxylation sites is 1. The normalized spacial score (nSPS) is 17.7. The van der Waals surface area contributed by atoms with Crippen molar-refractivity contribution >= 4 is 27.3 Å². The van der Waals surface area contributed by atoms with Crippen LogP contribution >= 0.6 is 11.6 Å². The van der Waals surface area contributed by atoms with Crippen molar-refractivity contribution in [3.05, 3.63) is 71.4 Å². The lowest BCUT2D eigenvalue weighted by Crippen LogP contribution is -2.33. The maximum absolute atomic E-state index is 12.8. The molecule has 0 bridgehead atoms. The summed E-state index contributed by atoms with van der Waals surface area (Å²) in [6.45, 7) is 0.334. The molecule has 156 valence electrons. The smallest absolute Gasteiger partial charge is 0.226 e. The highest BCUT2D eigenvalue weighted by Crippen LogP contribution is 2.27. The highest BCUT2D eigenvalue weighted by molar-refractivity contribution is 7.91. The molecule has 1 fully saturated rings. The second-order valence-corrected chi connectivity index (χ2v) is 10.2. The molecule has 0 saturated carbocycles. The molecule has 1 aliphatic rings. The Labute approximate surface area is 181 Å². The van der Waals surface area contributed by atoms with Gasteiger partial charge in [-0.25, -0.2) is 13.1 Å². The van der Waals surface area contributed by atoms with Crippen molar-refractivity contribution in [2.24, 2.45) is 5.92 Å². The summed E-state index contributed by atoms with van der Waals surface area (Å²) in [6, 6.07) is 17.1. The van der Waals surface area contributed by atoms with Gasteiger partial charge in [0.05, 0.1) is 28.8 Å². The zero-order valence-corrected chi connectivity index (χ0v) is 18.1. The van der Waals surface area contributed by atoms with Crippen LogP contribution in [-0.2, 0) is 21.2 Å². The SMILES string of the molecule is CN(Cc1cn(-c2ccccc2)nc1-c1ccc(Cl)cc1)C(=O)C1CCS(=O)(=O)C1. The van der Waals surface area contributed by atoms with Crippen LogP contribution in [0.3, 0.4) is 0 Å². The van der Waals surface area contributed by atoms with Gasteiger partial charge in [0.25, 0.3) is 0 Å². The summed E-state index contributed by atoms with van der Waals surface area (Å²) in [5.74, 6) is -0.600. The fourth-order valence-corrected chi connectivity index (χ4v) is 5.58. The number of hydrogen-bond donors (Lipinski definition) is 0. The molecule has 8 heteroatoms. The summed E-state index contributed by atoms with van der Waals surface area (Å²) < 4.78 is 25.3. The number of hydrogen-bond acceptors (Lipinski definition) is 4. The quantitative estimate of drug-likeness (QED) is 0.604. The first-order chi connectivity index (χ1) is 14.3. The number of rotatable bonds is 5. The van der Waals surface area contributed by atoms with Gasteiger partial charge in [0, 0.05) is 35.9 Å². The number of carbonyl (C=O) groups excluding carboxylic acids is 1. The van der Waals surface area contributed by atoms with Crippen LogP contribution in [0.5, 0.6) is 0 Å². The van der Waals surface area contributed by atoms with Crippen LogP contribution in [-0.4, -0.2) is 47.6 Å². The molecule has 4 rings (SSSR count). The van der Waals surface area contributed by atoms with Gasteiger partial charge in [-0.05, 0) is 30.7 Å². The van der Waals surface area contributed by atoms with Crippen LogP contribution in [0.15, 0.2) is 60.8 Å². The number of sulfone groups is 1. The molecule has 1 atom stereocenters. The van der Waals surface area contributed by atoms with Gasteiger partial charge in [0.15, 0.2) is 9.84 Å². The largest absolute Gasteiger partial charge is 0.341 e. The van der Waals surface area contributed by atoms with Gasteiger partial charge >= 0.3 is 0 Å². The zero-order valence-electron chi connectivity index (χ0n) is 16.5. The molecular formula is C22H22ClN3O3S. The van der Waals surface area contributed by atoms with Gasteiger partial charge in [-0.1, -0.05) is 41.9 Å². The Balaban J connectivity index is 1.65. The van der Waals surface area contributed by atoms with E-state index in [1.807, 2.05) is 48.7 Å². The minimum Gasteiger partial charge on any atom is -0.341 e. The van der Waals surface area contributed by atoms with E-state index in [0.717, 1.165) is 22.5 Å². The molecule has 3 aromatic rings. The van der Waals surface area contributed by atoms with Crippen molar-refractivity contribution in [2.75, 3.05) is 18.6 Å². The monoisotopic (exact) mass is 443 g/mol. The van der Waals surface area contributed by atoms with Gasteiger partial charge in [0.2, 0.25) is 5.91 Å². The Bertz CT molecular complexity index is 1160. The summed E-state index contributed by atoms with van der Waals surface area (Å²) in [7, 11) is -1.40. The maximum Gasteiger partial charge on any atom is 0.226 e. The Morgan fingerprint density at radius 1 is 1.17 bits per heavy atom. The van der Waals surface area contributed by atoms with E-state index in [4.69, 9.17) is 16.7 Å². The van der Waals surface area contributed by atoms with E-state index in [2.05, 4.69) is 0 Å². The highest BCUT2D eigenvalue weighted by atomic mass is 35.5. The van der Waals surface area contributed by atoms with E-state index in [9.17, 15) is 13.2 Å². The molecule has 2 aromatic carbocycles. The lowest BCUT2D eigenvalue weighted by Gasteiger charge is -2.20. The van der Waals surface area contributed by atoms with E-state index >= 15 is 0 Å². The number of amides is 1. The van der Waals surface area contributed by atoms with Crippen molar-refractivity contribution in [2.45, 2.75) is 13.0 Å². The molecule has 1 amide bonds. The van der Waals surface area contributed by atoms with Crippen LogP contribution in [0.2, 0.25) is 5.02 Å². The van der Waals surface area contributed by atoms with Crippen molar-refractivity contribution in [3.63, 3.8) is 0 Å². The average molecular weight is 444 g/mol. The Morgan fingerprint density at radius 2 is 1.87 bits per heavy atom. The van der Waals surface area contributed by atoms with Gasteiger partial charge in [-0.3, -0.25) is 4.79 Å². The summed E-state index contributed by atoms with van der Waals surface area (Å²) in [6.07, 6.45) is 2.30. The zero-order chi connectivity index (χ0) is 21.3. The Kier molecular flexibility index (Phi) is 5.66. The molecule has 1 saturated heterocycles. The molecular weight excluding hydrogens is 422 g/mol. The third-order valence-corrected chi connectivity index (χ3v) is 7.31. The molecule has 30 heavy (non-hydrogen) atoms. The molecule has 0 aliphatic carbocycles. The van der Waals surface area contributed by atoms with Gasteiger partial charge in [0.1, 0.15) is 0 Å². The van der Waals surface area contributed by atoms with Crippen LogP contribution in [0.4, 0.5) is 0 Å². The van der Waals surface area contributed by atoms with Crippen molar-refractivity contribution in [1.82, 2.24) is 14.7 Å².